The second-order valence-corrected chi connectivity index (χ2v) is 10.0. The lowest BCUT2D eigenvalue weighted by Gasteiger charge is -2.43. The summed E-state index contributed by atoms with van der Waals surface area (Å²) in [5, 5.41) is 0.738. The van der Waals surface area contributed by atoms with Crippen molar-refractivity contribution < 1.29 is 13.2 Å². The van der Waals surface area contributed by atoms with Gasteiger partial charge in [-0.3, -0.25) is 18.9 Å². The maximum atomic E-state index is 13.0. The van der Waals surface area contributed by atoms with Crippen LogP contribution in [0.1, 0.15) is 10.4 Å². The number of halogens is 1. The van der Waals surface area contributed by atoms with Gasteiger partial charge in [0.05, 0.1) is 17.2 Å². The van der Waals surface area contributed by atoms with Crippen molar-refractivity contribution in [3.63, 3.8) is 0 Å². The zero-order valence-electron chi connectivity index (χ0n) is 18.0. The van der Waals surface area contributed by atoms with Gasteiger partial charge in [0.15, 0.2) is 0 Å². The van der Waals surface area contributed by atoms with E-state index < -0.39 is 10.0 Å². The van der Waals surface area contributed by atoms with Gasteiger partial charge >= 0.3 is 0 Å². The largest absolute Gasteiger partial charge is 0.334 e. The molecule has 4 aromatic rings. The minimum atomic E-state index is -3.85. The van der Waals surface area contributed by atoms with E-state index in [4.69, 9.17) is 11.8 Å². The Kier molecular flexibility index (Phi) is 5.85. The van der Waals surface area contributed by atoms with Gasteiger partial charge < -0.3 is 4.90 Å². The zero-order valence-corrected chi connectivity index (χ0v) is 19.6. The molecule has 0 aliphatic carbocycles. The first-order chi connectivity index (χ1) is 16.4. The number of benzene rings is 3. The molecule has 1 aromatic heterocycles. The van der Waals surface area contributed by atoms with Crippen molar-refractivity contribution >= 4 is 50.0 Å². The summed E-state index contributed by atoms with van der Waals surface area (Å²) in [5.74, 6) is -0.123. The number of nitrogens with one attached hydrogen (secondary N) is 1. The number of anilines is 2. The number of likely N-dealkylation sites (tertiary alicyclic amines) is 1. The molecular formula is C25H21ClN4O3S. The SMILES string of the molecule is O=C(c1ccc(NS(=O)(=O)c2cccc3cccnc23)cc1)N1CC(N(Cl)c2ccccc2)C1. The van der Waals surface area contributed by atoms with E-state index in [2.05, 4.69) is 9.71 Å². The molecule has 1 aliphatic rings. The van der Waals surface area contributed by atoms with Crippen LogP contribution in [0.15, 0.2) is 96.0 Å². The fraction of sp³-hybridized carbons (Fsp3) is 0.120. The Morgan fingerprint density at radius 1 is 0.941 bits per heavy atom. The number of nitrogens with zero attached hydrogens (tertiary/aromatic N) is 3. The van der Waals surface area contributed by atoms with Crippen LogP contribution in [0.3, 0.4) is 0 Å². The van der Waals surface area contributed by atoms with Gasteiger partial charge in [0, 0.05) is 47.7 Å². The Morgan fingerprint density at radius 3 is 2.38 bits per heavy atom. The minimum absolute atomic E-state index is 0.0356. The molecule has 0 spiro atoms. The average Bonchev–Trinajstić information content (AvgIpc) is 2.83. The molecule has 0 unspecified atom stereocenters. The molecule has 1 fully saturated rings. The van der Waals surface area contributed by atoms with Gasteiger partial charge in [-0.15, -0.1) is 0 Å². The summed E-state index contributed by atoms with van der Waals surface area (Å²) in [7, 11) is -3.85. The van der Waals surface area contributed by atoms with Crippen LogP contribution in [0.2, 0.25) is 0 Å². The molecule has 9 heteroatoms. The quantitative estimate of drug-likeness (QED) is 0.400. The molecule has 1 amide bonds. The summed E-state index contributed by atoms with van der Waals surface area (Å²) >= 11 is 6.42. The van der Waals surface area contributed by atoms with E-state index in [1.165, 1.54) is 6.07 Å². The number of sulfonamides is 1. The lowest BCUT2D eigenvalue weighted by Crippen LogP contribution is -2.59. The van der Waals surface area contributed by atoms with E-state index in [0.29, 0.717) is 29.9 Å². The lowest BCUT2D eigenvalue weighted by atomic mass is 10.1. The summed E-state index contributed by atoms with van der Waals surface area (Å²) in [4.78, 5) is 18.8. The van der Waals surface area contributed by atoms with Gasteiger partial charge in [0.2, 0.25) is 0 Å². The number of pyridine rings is 1. The summed E-state index contributed by atoms with van der Waals surface area (Å²) in [6.45, 7) is 1.03. The van der Waals surface area contributed by atoms with E-state index in [9.17, 15) is 13.2 Å². The summed E-state index contributed by atoms with van der Waals surface area (Å²) in [6, 6.07) is 24.6. The third kappa shape index (κ3) is 4.30. The summed E-state index contributed by atoms with van der Waals surface area (Å²) < 4.78 is 30.2. The fourth-order valence-corrected chi connectivity index (χ4v) is 5.39. The van der Waals surface area contributed by atoms with E-state index in [1.807, 2.05) is 42.5 Å². The average molecular weight is 493 g/mol. The normalized spacial score (nSPS) is 14.0. The lowest BCUT2D eigenvalue weighted by molar-refractivity contribution is 0.0613. The summed E-state index contributed by atoms with van der Waals surface area (Å²) in [6.07, 6.45) is 1.56. The van der Waals surface area contributed by atoms with Gasteiger partial charge in [-0.25, -0.2) is 8.42 Å². The number of hydrogen-bond donors (Lipinski definition) is 1. The highest BCUT2D eigenvalue weighted by Crippen LogP contribution is 2.27. The van der Waals surface area contributed by atoms with Crippen LogP contribution in [0.5, 0.6) is 0 Å². The van der Waals surface area contributed by atoms with E-state index in [1.54, 1.807) is 51.9 Å². The highest BCUT2D eigenvalue weighted by molar-refractivity contribution is 7.93. The zero-order chi connectivity index (χ0) is 23.7. The third-order valence-electron chi connectivity index (χ3n) is 5.74. The Hall–Kier alpha value is -3.62. The smallest absolute Gasteiger partial charge is 0.264 e. The van der Waals surface area contributed by atoms with Crippen LogP contribution < -0.4 is 9.14 Å². The van der Waals surface area contributed by atoms with Crippen LogP contribution in [0.25, 0.3) is 10.9 Å². The molecule has 1 N–H and O–H groups in total. The van der Waals surface area contributed by atoms with Gasteiger partial charge in [-0.05, 0) is 48.5 Å². The first-order valence-electron chi connectivity index (χ1n) is 10.7. The van der Waals surface area contributed by atoms with Crippen molar-refractivity contribution in [2.45, 2.75) is 10.9 Å². The Labute approximate surface area is 202 Å². The molecule has 34 heavy (non-hydrogen) atoms. The molecule has 5 rings (SSSR count). The Morgan fingerprint density at radius 2 is 1.65 bits per heavy atom. The van der Waals surface area contributed by atoms with Crippen LogP contribution >= 0.6 is 11.8 Å². The summed E-state index contributed by atoms with van der Waals surface area (Å²) in [5.41, 5.74) is 2.14. The molecular weight excluding hydrogens is 472 g/mol. The molecule has 2 heterocycles. The minimum Gasteiger partial charge on any atom is -0.334 e. The van der Waals surface area contributed by atoms with Crippen molar-refractivity contribution in [2.75, 3.05) is 22.2 Å². The van der Waals surface area contributed by atoms with Crippen LogP contribution in [-0.4, -0.2) is 43.3 Å². The monoisotopic (exact) mass is 492 g/mol. The molecule has 3 aromatic carbocycles. The number of carbonyl (C=O) groups is 1. The predicted octanol–water partition coefficient (Wildman–Crippen LogP) is 4.52. The number of aromatic nitrogens is 1. The Bertz CT molecular complexity index is 1440. The second-order valence-electron chi connectivity index (χ2n) is 8.02. The first-order valence-corrected chi connectivity index (χ1v) is 12.5. The topological polar surface area (TPSA) is 82.6 Å². The molecule has 1 saturated heterocycles. The predicted molar refractivity (Wildman–Crippen MR) is 133 cm³/mol. The van der Waals surface area contributed by atoms with Gasteiger partial charge in [-0.1, -0.05) is 36.4 Å². The second kappa shape index (κ2) is 8.96. The molecule has 0 bridgehead atoms. The van der Waals surface area contributed by atoms with Crippen molar-refractivity contribution in [3.8, 4) is 0 Å². The van der Waals surface area contributed by atoms with E-state index >= 15 is 0 Å². The van der Waals surface area contributed by atoms with Crippen molar-refractivity contribution in [1.29, 1.82) is 0 Å². The van der Waals surface area contributed by atoms with Crippen molar-refractivity contribution in [3.05, 3.63) is 96.7 Å². The standard InChI is InChI=1S/C25H21ClN4O3S/c26-30(21-8-2-1-3-9-21)22-16-29(17-22)25(31)19-11-13-20(14-12-19)28-34(32,33)23-10-4-6-18-7-5-15-27-24(18)23/h1-15,22,28H,16-17H2. The van der Waals surface area contributed by atoms with E-state index in [-0.39, 0.29) is 16.8 Å². The van der Waals surface area contributed by atoms with Gasteiger partial charge in [0.25, 0.3) is 15.9 Å². The third-order valence-corrected chi connectivity index (χ3v) is 7.63. The molecule has 0 radical (unpaired) electrons. The van der Waals surface area contributed by atoms with Crippen LogP contribution in [-0.2, 0) is 10.0 Å². The number of para-hydroxylation sites is 2. The van der Waals surface area contributed by atoms with Crippen molar-refractivity contribution in [1.82, 2.24) is 9.88 Å². The van der Waals surface area contributed by atoms with Crippen LogP contribution in [0, 0.1) is 0 Å². The van der Waals surface area contributed by atoms with Crippen LogP contribution in [0.4, 0.5) is 11.4 Å². The number of amides is 1. The highest BCUT2D eigenvalue weighted by atomic mass is 35.5. The van der Waals surface area contributed by atoms with E-state index in [0.717, 1.165) is 11.1 Å². The fourth-order valence-electron chi connectivity index (χ4n) is 3.91. The molecule has 1 aliphatic heterocycles. The number of fused-ring (bicyclic) bond motifs is 1. The van der Waals surface area contributed by atoms with Crippen molar-refractivity contribution in [2.24, 2.45) is 0 Å². The molecule has 0 saturated carbocycles. The maximum Gasteiger partial charge on any atom is 0.264 e. The maximum absolute atomic E-state index is 13.0. The van der Waals surface area contributed by atoms with Gasteiger partial charge in [-0.2, -0.15) is 0 Å². The first kappa shape index (κ1) is 22.2. The highest BCUT2D eigenvalue weighted by Gasteiger charge is 2.35. The number of hydrogen-bond acceptors (Lipinski definition) is 5. The molecule has 172 valence electrons. The number of rotatable bonds is 6. The molecule has 0 atom stereocenters. The Balaban J connectivity index is 1.25. The molecule has 7 nitrogen and oxygen atoms in total. The number of carbonyl (C=O) groups excluding carboxylic acids is 1. The van der Waals surface area contributed by atoms with Gasteiger partial charge in [0.1, 0.15) is 4.90 Å².